The first kappa shape index (κ1) is 15.6. The third-order valence-electron chi connectivity index (χ3n) is 3.66. The van der Waals surface area contributed by atoms with Gasteiger partial charge in [-0.2, -0.15) is 0 Å². The van der Waals surface area contributed by atoms with Gasteiger partial charge in [-0.3, -0.25) is 4.40 Å². The van der Waals surface area contributed by atoms with E-state index in [-0.39, 0.29) is 0 Å². The highest BCUT2D eigenvalue weighted by Crippen LogP contribution is 2.28. The average Bonchev–Trinajstić information content (AvgIpc) is 3.03. The van der Waals surface area contributed by atoms with Gasteiger partial charge in [-0.05, 0) is 12.8 Å². The monoisotopic (exact) mass is 315 g/mol. The van der Waals surface area contributed by atoms with Crippen LogP contribution < -0.4 is 4.90 Å². The lowest BCUT2D eigenvalue weighted by molar-refractivity contribution is 0.202. The molecule has 0 radical (unpaired) electrons. The fraction of sp³-hybridized carbons (Fsp3) is 0.643. The Kier molecular flexibility index (Phi) is 5.69. The minimum Gasteiger partial charge on any atom is -0.383 e. The molecule has 0 N–H and O–H groups in total. The molecule has 0 aliphatic heterocycles. The zero-order chi connectivity index (χ0) is 14.5. The van der Waals surface area contributed by atoms with Gasteiger partial charge >= 0.3 is 0 Å². The maximum atomic E-state index is 6.16. The van der Waals surface area contributed by atoms with E-state index >= 15 is 0 Å². The Hall–Kier alpha value is -0.780. The van der Waals surface area contributed by atoms with Gasteiger partial charge in [-0.25, -0.2) is 4.98 Å². The van der Waals surface area contributed by atoms with Crippen molar-refractivity contribution >= 4 is 33.7 Å². The number of halogens is 1. The standard InChI is InChI=1S/C14H22ClN3OS/c1-4-11(5-2)17(6-8-19-3)13-12(10-15)18-7-9-20-14(18)16-13/h7,9,11H,4-6,8,10H2,1-3H3. The summed E-state index contributed by atoms with van der Waals surface area (Å²) >= 11 is 7.81. The van der Waals surface area contributed by atoms with Gasteiger partial charge in [0, 0.05) is 31.3 Å². The van der Waals surface area contributed by atoms with Crippen LogP contribution in [0.25, 0.3) is 4.96 Å². The number of hydrogen-bond acceptors (Lipinski definition) is 4. The molecule has 6 heteroatoms. The van der Waals surface area contributed by atoms with E-state index in [0.29, 0.717) is 18.5 Å². The maximum Gasteiger partial charge on any atom is 0.195 e. The fourth-order valence-electron chi connectivity index (χ4n) is 2.56. The van der Waals surface area contributed by atoms with Crippen molar-refractivity contribution in [1.29, 1.82) is 0 Å². The summed E-state index contributed by atoms with van der Waals surface area (Å²) in [5.41, 5.74) is 1.07. The summed E-state index contributed by atoms with van der Waals surface area (Å²) in [6, 6.07) is 0.469. The number of rotatable bonds is 8. The van der Waals surface area contributed by atoms with Crippen LogP contribution in [0.2, 0.25) is 0 Å². The van der Waals surface area contributed by atoms with Gasteiger partial charge in [-0.1, -0.05) is 13.8 Å². The Labute approximate surface area is 129 Å². The van der Waals surface area contributed by atoms with Crippen molar-refractivity contribution in [2.75, 3.05) is 25.2 Å². The molecular formula is C14H22ClN3OS. The Morgan fingerprint density at radius 1 is 1.45 bits per heavy atom. The molecule has 2 rings (SSSR count). The lowest BCUT2D eigenvalue weighted by atomic mass is 10.1. The summed E-state index contributed by atoms with van der Waals surface area (Å²) < 4.78 is 7.35. The number of hydrogen-bond donors (Lipinski definition) is 0. The summed E-state index contributed by atoms with van der Waals surface area (Å²) in [5, 5.41) is 2.04. The van der Waals surface area contributed by atoms with E-state index < -0.39 is 0 Å². The number of aromatic nitrogens is 2. The fourth-order valence-corrected chi connectivity index (χ4v) is 3.53. The minimum absolute atomic E-state index is 0.469. The molecule has 0 unspecified atom stereocenters. The minimum atomic E-state index is 0.469. The number of anilines is 1. The third kappa shape index (κ3) is 2.95. The molecule has 0 aliphatic carbocycles. The van der Waals surface area contributed by atoms with E-state index in [1.807, 2.05) is 11.6 Å². The topological polar surface area (TPSA) is 29.8 Å². The van der Waals surface area contributed by atoms with Gasteiger partial charge in [0.25, 0.3) is 0 Å². The number of thiazole rings is 1. The first-order valence-electron chi connectivity index (χ1n) is 7.02. The molecule has 0 bridgehead atoms. The normalized spacial score (nSPS) is 11.7. The highest BCUT2D eigenvalue weighted by Gasteiger charge is 2.23. The van der Waals surface area contributed by atoms with Gasteiger partial charge in [0.15, 0.2) is 10.8 Å². The zero-order valence-electron chi connectivity index (χ0n) is 12.3. The summed E-state index contributed by atoms with van der Waals surface area (Å²) in [7, 11) is 1.74. The van der Waals surface area contributed by atoms with Crippen LogP contribution in [0.5, 0.6) is 0 Å². The van der Waals surface area contributed by atoms with Crippen LogP contribution in [0.3, 0.4) is 0 Å². The smallest absolute Gasteiger partial charge is 0.195 e. The van der Waals surface area contributed by atoms with E-state index in [0.717, 1.165) is 35.9 Å². The number of ether oxygens (including phenoxy) is 1. The molecule has 0 fully saturated rings. The predicted molar refractivity (Wildman–Crippen MR) is 86.2 cm³/mol. The molecule has 20 heavy (non-hydrogen) atoms. The lowest BCUT2D eigenvalue weighted by Gasteiger charge is -2.31. The summed E-state index contributed by atoms with van der Waals surface area (Å²) in [4.78, 5) is 8.13. The molecule has 2 aromatic heterocycles. The predicted octanol–water partition coefficient (Wildman–Crippen LogP) is 3.78. The maximum absolute atomic E-state index is 6.16. The number of methoxy groups -OCH3 is 1. The Morgan fingerprint density at radius 2 is 2.20 bits per heavy atom. The molecule has 2 aromatic rings. The van der Waals surface area contributed by atoms with Crippen LogP contribution in [-0.4, -0.2) is 35.7 Å². The number of alkyl halides is 1. The van der Waals surface area contributed by atoms with E-state index in [2.05, 4.69) is 23.1 Å². The number of nitrogens with zero attached hydrogens (tertiary/aromatic N) is 3. The quantitative estimate of drug-likeness (QED) is 0.694. The molecule has 0 saturated carbocycles. The Bertz CT molecular complexity index is 535. The average molecular weight is 316 g/mol. The van der Waals surface area contributed by atoms with Crippen LogP contribution in [0, 0.1) is 0 Å². The Balaban J connectivity index is 2.40. The van der Waals surface area contributed by atoms with Crippen LogP contribution >= 0.6 is 22.9 Å². The first-order valence-corrected chi connectivity index (χ1v) is 8.44. The van der Waals surface area contributed by atoms with Gasteiger partial charge in [0.2, 0.25) is 0 Å². The van der Waals surface area contributed by atoms with Crippen molar-refractivity contribution < 1.29 is 4.74 Å². The Morgan fingerprint density at radius 3 is 2.80 bits per heavy atom. The van der Waals surface area contributed by atoms with Gasteiger partial charge in [-0.15, -0.1) is 22.9 Å². The van der Waals surface area contributed by atoms with Crippen molar-refractivity contribution in [2.45, 2.75) is 38.6 Å². The zero-order valence-corrected chi connectivity index (χ0v) is 13.9. The first-order chi connectivity index (χ1) is 9.76. The van der Waals surface area contributed by atoms with Crippen LogP contribution in [-0.2, 0) is 10.6 Å². The highest BCUT2D eigenvalue weighted by atomic mass is 35.5. The summed E-state index contributed by atoms with van der Waals surface area (Å²) in [6.45, 7) is 5.97. The third-order valence-corrected chi connectivity index (χ3v) is 4.67. The van der Waals surface area contributed by atoms with E-state index in [4.69, 9.17) is 21.3 Å². The number of imidazole rings is 1. The van der Waals surface area contributed by atoms with E-state index in [1.54, 1.807) is 18.4 Å². The van der Waals surface area contributed by atoms with Crippen molar-refractivity contribution in [2.24, 2.45) is 0 Å². The highest BCUT2D eigenvalue weighted by molar-refractivity contribution is 7.15. The van der Waals surface area contributed by atoms with Crippen LogP contribution in [0.15, 0.2) is 11.6 Å². The molecule has 0 aliphatic rings. The van der Waals surface area contributed by atoms with Crippen molar-refractivity contribution in [3.8, 4) is 0 Å². The van der Waals surface area contributed by atoms with E-state index in [1.165, 1.54) is 0 Å². The second kappa shape index (κ2) is 7.29. The second-order valence-corrected chi connectivity index (χ2v) is 5.87. The molecule has 0 spiro atoms. The number of fused-ring (bicyclic) bond motifs is 1. The van der Waals surface area contributed by atoms with Gasteiger partial charge in [0.1, 0.15) is 0 Å². The molecule has 112 valence electrons. The molecule has 0 amide bonds. The summed E-state index contributed by atoms with van der Waals surface area (Å²) in [5.74, 6) is 1.48. The summed E-state index contributed by atoms with van der Waals surface area (Å²) in [6.07, 6.45) is 4.22. The van der Waals surface area contributed by atoms with Crippen LogP contribution in [0.4, 0.5) is 5.82 Å². The van der Waals surface area contributed by atoms with Crippen molar-refractivity contribution in [3.63, 3.8) is 0 Å². The van der Waals surface area contributed by atoms with Crippen LogP contribution in [0.1, 0.15) is 32.4 Å². The van der Waals surface area contributed by atoms with Crippen molar-refractivity contribution in [1.82, 2.24) is 9.38 Å². The largest absolute Gasteiger partial charge is 0.383 e. The van der Waals surface area contributed by atoms with Gasteiger partial charge in [0.05, 0.1) is 18.2 Å². The lowest BCUT2D eigenvalue weighted by Crippen LogP contribution is -2.38. The molecule has 2 heterocycles. The molecule has 0 saturated heterocycles. The molecular weight excluding hydrogens is 294 g/mol. The second-order valence-electron chi connectivity index (χ2n) is 4.73. The SMILES string of the molecule is CCC(CC)N(CCOC)c1nc2sccn2c1CCl. The van der Waals surface area contributed by atoms with Gasteiger partial charge < -0.3 is 9.64 Å². The van der Waals surface area contributed by atoms with Crippen molar-refractivity contribution in [3.05, 3.63) is 17.3 Å². The van der Waals surface area contributed by atoms with E-state index in [9.17, 15) is 0 Å². The molecule has 0 atom stereocenters. The molecule has 4 nitrogen and oxygen atoms in total. The molecule has 0 aromatic carbocycles.